The number of amides is 2. The number of hydrogen-bond donors (Lipinski definition) is 2. The van der Waals surface area contributed by atoms with E-state index in [9.17, 15) is 9.59 Å². The van der Waals surface area contributed by atoms with E-state index in [4.69, 9.17) is 5.73 Å². The summed E-state index contributed by atoms with van der Waals surface area (Å²) in [7, 11) is 1.72. The van der Waals surface area contributed by atoms with E-state index in [1.807, 2.05) is 44.2 Å². The molecular weight excluding hydrogens is 266 g/mol. The maximum absolute atomic E-state index is 12.0. The Balaban J connectivity index is 2.37. The molecule has 3 N–H and O–H groups in total. The zero-order chi connectivity index (χ0) is 15.8. The van der Waals surface area contributed by atoms with E-state index >= 15 is 0 Å². The van der Waals surface area contributed by atoms with Gasteiger partial charge in [0.05, 0.1) is 12.6 Å². The van der Waals surface area contributed by atoms with Gasteiger partial charge in [-0.05, 0) is 17.9 Å². The molecule has 0 aliphatic rings. The second kappa shape index (κ2) is 8.42. The first-order chi connectivity index (χ1) is 9.90. The van der Waals surface area contributed by atoms with Crippen LogP contribution in [0.2, 0.25) is 0 Å². The maximum atomic E-state index is 12.0. The molecule has 2 amide bonds. The minimum atomic E-state index is -0.558. The van der Waals surface area contributed by atoms with E-state index in [1.54, 1.807) is 11.9 Å². The Labute approximate surface area is 126 Å². The molecule has 0 saturated heterocycles. The molecule has 0 radical (unpaired) electrons. The van der Waals surface area contributed by atoms with E-state index in [0.29, 0.717) is 18.9 Å². The average Bonchev–Trinajstić information content (AvgIpc) is 2.44. The van der Waals surface area contributed by atoms with Gasteiger partial charge in [-0.25, -0.2) is 0 Å². The van der Waals surface area contributed by atoms with Crippen molar-refractivity contribution in [3.8, 4) is 0 Å². The third-order valence-corrected chi connectivity index (χ3v) is 3.16. The van der Waals surface area contributed by atoms with Crippen LogP contribution in [-0.4, -0.2) is 36.3 Å². The second-order valence-corrected chi connectivity index (χ2v) is 5.69. The predicted molar refractivity (Wildman–Crippen MR) is 83.4 cm³/mol. The maximum Gasteiger partial charge on any atom is 0.242 e. The molecule has 1 rings (SSSR count). The number of hydrogen-bond acceptors (Lipinski definition) is 3. The van der Waals surface area contributed by atoms with Crippen molar-refractivity contribution in [3.63, 3.8) is 0 Å². The Bertz CT molecular complexity index is 460. The highest BCUT2D eigenvalue weighted by Crippen LogP contribution is 2.03. The first-order valence-corrected chi connectivity index (χ1v) is 7.21. The van der Waals surface area contributed by atoms with Crippen molar-refractivity contribution in [2.45, 2.75) is 32.9 Å². The summed E-state index contributed by atoms with van der Waals surface area (Å²) in [6.07, 6.45) is 0.611. The fourth-order valence-corrected chi connectivity index (χ4v) is 1.99. The monoisotopic (exact) mass is 291 g/mol. The van der Waals surface area contributed by atoms with Crippen LogP contribution in [0.4, 0.5) is 0 Å². The molecule has 0 fully saturated rings. The van der Waals surface area contributed by atoms with E-state index in [0.717, 1.165) is 5.56 Å². The Kier molecular flexibility index (Phi) is 6.88. The first-order valence-electron chi connectivity index (χ1n) is 7.21. The van der Waals surface area contributed by atoms with E-state index in [2.05, 4.69) is 5.32 Å². The number of carbonyl (C=O) groups excluding carboxylic acids is 2. The van der Waals surface area contributed by atoms with Crippen molar-refractivity contribution < 1.29 is 9.59 Å². The molecule has 0 heterocycles. The van der Waals surface area contributed by atoms with Gasteiger partial charge in [0.1, 0.15) is 0 Å². The topological polar surface area (TPSA) is 75.4 Å². The molecule has 0 aliphatic heterocycles. The summed E-state index contributed by atoms with van der Waals surface area (Å²) in [4.78, 5) is 25.3. The van der Waals surface area contributed by atoms with Crippen LogP contribution in [0.15, 0.2) is 30.3 Å². The molecule has 0 aliphatic carbocycles. The number of rotatable bonds is 7. The molecule has 1 aromatic carbocycles. The first kappa shape index (κ1) is 17.2. The lowest BCUT2D eigenvalue weighted by Gasteiger charge is -2.19. The van der Waals surface area contributed by atoms with Gasteiger partial charge in [-0.1, -0.05) is 44.2 Å². The highest BCUT2D eigenvalue weighted by atomic mass is 16.2. The van der Waals surface area contributed by atoms with Crippen molar-refractivity contribution in [3.05, 3.63) is 35.9 Å². The molecule has 5 heteroatoms. The summed E-state index contributed by atoms with van der Waals surface area (Å²) in [6.45, 7) is 4.51. The lowest BCUT2D eigenvalue weighted by molar-refractivity contribution is -0.132. The fourth-order valence-electron chi connectivity index (χ4n) is 1.99. The van der Waals surface area contributed by atoms with Crippen LogP contribution in [0.25, 0.3) is 0 Å². The van der Waals surface area contributed by atoms with Crippen molar-refractivity contribution in [2.75, 3.05) is 13.6 Å². The highest BCUT2D eigenvalue weighted by molar-refractivity contribution is 5.87. The SMILES string of the molecule is CC(C)C[C@H](N)C(=O)NCC(=O)N(C)Cc1ccccc1. The zero-order valence-corrected chi connectivity index (χ0v) is 13.0. The third-order valence-electron chi connectivity index (χ3n) is 3.16. The number of nitrogens with one attached hydrogen (secondary N) is 1. The van der Waals surface area contributed by atoms with Crippen LogP contribution >= 0.6 is 0 Å². The van der Waals surface area contributed by atoms with Crippen LogP contribution in [0.3, 0.4) is 0 Å². The number of benzene rings is 1. The van der Waals surface area contributed by atoms with Gasteiger partial charge in [0.25, 0.3) is 0 Å². The molecule has 116 valence electrons. The summed E-state index contributed by atoms with van der Waals surface area (Å²) >= 11 is 0. The smallest absolute Gasteiger partial charge is 0.242 e. The number of nitrogens with zero attached hydrogens (tertiary/aromatic N) is 1. The molecule has 1 atom stereocenters. The van der Waals surface area contributed by atoms with Gasteiger partial charge >= 0.3 is 0 Å². The van der Waals surface area contributed by atoms with Gasteiger partial charge in [-0.15, -0.1) is 0 Å². The van der Waals surface area contributed by atoms with Crippen LogP contribution in [0, 0.1) is 5.92 Å². The zero-order valence-electron chi connectivity index (χ0n) is 13.0. The van der Waals surface area contributed by atoms with Crippen molar-refractivity contribution in [1.29, 1.82) is 0 Å². The standard InChI is InChI=1S/C16H25N3O2/c1-12(2)9-14(17)16(21)18-10-15(20)19(3)11-13-7-5-4-6-8-13/h4-8,12,14H,9-11,17H2,1-3H3,(H,18,21)/t14-/m0/s1. The Hall–Kier alpha value is -1.88. The number of likely N-dealkylation sites (N-methyl/N-ethyl adjacent to an activating group) is 1. The van der Waals surface area contributed by atoms with Gasteiger partial charge in [-0.3, -0.25) is 9.59 Å². The van der Waals surface area contributed by atoms with Crippen molar-refractivity contribution in [1.82, 2.24) is 10.2 Å². The summed E-state index contributed by atoms with van der Waals surface area (Å²) in [5, 5.41) is 2.60. The number of carbonyl (C=O) groups is 2. The quantitative estimate of drug-likeness (QED) is 0.791. The molecule has 0 unspecified atom stereocenters. The number of nitrogens with two attached hydrogens (primary N) is 1. The molecule has 0 saturated carbocycles. The van der Waals surface area contributed by atoms with Gasteiger partial charge in [-0.2, -0.15) is 0 Å². The lowest BCUT2D eigenvalue weighted by Crippen LogP contribution is -2.45. The largest absolute Gasteiger partial charge is 0.346 e. The molecule has 0 spiro atoms. The van der Waals surface area contributed by atoms with Gasteiger partial charge < -0.3 is 16.0 Å². The lowest BCUT2D eigenvalue weighted by atomic mass is 10.0. The van der Waals surface area contributed by atoms with E-state index in [1.165, 1.54) is 0 Å². The van der Waals surface area contributed by atoms with Crippen molar-refractivity contribution in [2.24, 2.45) is 11.7 Å². The summed E-state index contributed by atoms with van der Waals surface area (Å²) in [6, 6.07) is 9.15. The Morgan fingerprint density at radius 2 is 1.86 bits per heavy atom. The van der Waals surface area contributed by atoms with Gasteiger partial charge in [0, 0.05) is 13.6 Å². The molecule has 1 aromatic rings. The Morgan fingerprint density at radius 1 is 1.24 bits per heavy atom. The van der Waals surface area contributed by atoms with Gasteiger partial charge in [0.15, 0.2) is 0 Å². The minimum Gasteiger partial charge on any atom is -0.346 e. The summed E-state index contributed by atoms with van der Waals surface area (Å²) < 4.78 is 0. The Morgan fingerprint density at radius 3 is 2.43 bits per heavy atom. The summed E-state index contributed by atoms with van der Waals surface area (Å²) in [5.41, 5.74) is 6.82. The normalized spacial score (nSPS) is 12.0. The van der Waals surface area contributed by atoms with Gasteiger partial charge in [0.2, 0.25) is 11.8 Å². The molecule has 21 heavy (non-hydrogen) atoms. The van der Waals surface area contributed by atoms with Crippen LogP contribution in [0.1, 0.15) is 25.8 Å². The molecule has 5 nitrogen and oxygen atoms in total. The van der Waals surface area contributed by atoms with E-state index in [-0.39, 0.29) is 18.4 Å². The summed E-state index contributed by atoms with van der Waals surface area (Å²) in [5.74, 6) is -0.0590. The van der Waals surface area contributed by atoms with Crippen LogP contribution < -0.4 is 11.1 Å². The average molecular weight is 291 g/mol. The highest BCUT2D eigenvalue weighted by Gasteiger charge is 2.16. The van der Waals surface area contributed by atoms with Crippen LogP contribution in [-0.2, 0) is 16.1 Å². The second-order valence-electron chi connectivity index (χ2n) is 5.69. The molecule has 0 aromatic heterocycles. The van der Waals surface area contributed by atoms with E-state index < -0.39 is 6.04 Å². The minimum absolute atomic E-state index is 0.0199. The molecule has 0 bridgehead atoms. The predicted octanol–water partition coefficient (Wildman–Crippen LogP) is 1.13. The fraction of sp³-hybridized carbons (Fsp3) is 0.500. The molecular formula is C16H25N3O2. The third kappa shape index (κ3) is 6.40. The van der Waals surface area contributed by atoms with Crippen molar-refractivity contribution >= 4 is 11.8 Å². The van der Waals surface area contributed by atoms with Crippen LogP contribution in [0.5, 0.6) is 0 Å².